The second-order valence-electron chi connectivity index (χ2n) is 10.4. The fourth-order valence-electron chi connectivity index (χ4n) is 5.38. The minimum absolute atomic E-state index is 0.0896. The number of fused-ring (bicyclic) bond motifs is 2. The van der Waals surface area contributed by atoms with Gasteiger partial charge in [-0.15, -0.1) is 0 Å². The molecule has 0 saturated carbocycles. The second kappa shape index (κ2) is 16.1. The van der Waals surface area contributed by atoms with Gasteiger partial charge in [-0.2, -0.15) is 0 Å². The number of para-hydroxylation sites is 2. The first kappa shape index (κ1) is 34.2. The summed E-state index contributed by atoms with van der Waals surface area (Å²) in [6.07, 6.45) is 2.08. The topological polar surface area (TPSA) is 78.4 Å². The first-order valence-electron chi connectivity index (χ1n) is 15.1. The molecule has 0 aliphatic rings. The lowest BCUT2D eigenvalue weighted by Gasteiger charge is -2.15. The summed E-state index contributed by atoms with van der Waals surface area (Å²) in [4.78, 5) is 32.9. The van der Waals surface area contributed by atoms with Crippen molar-refractivity contribution in [3.05, 3.63) is 128 Å². The third-order valence-corrected chi connectivity index (χ3v) is 8.59. The molecule has 6 rings (SSSR count). The van der Waals surface area contributed by atoms with Crippen molar-refractivity contribution in [2.45, 2.75) is 26.7 Å². The Morgan fingerprint density at radius 1 is 0.681 bits per heavy atom. The lowest BCUT2D eigenvalue weighted by Crippen LogP contribution is -2.10. The molecule has 0 spiro atoms. The molecule has 0 aliphatic carbocycles. The van der Waals surface area contributed by atoms with Gasteiger partial charge in [0.15, 0.2) is 0 Å². The fraction of sp³-hybridized carbons (Fsp3) is 0.158. The average Bonchev–Trinajstić information content (AvgIpc) is 3.05. The van der Waals surface area contributed by atoms with E-state index in [9.17, 15) is 9.59 Å². The van der Waals surface area contributed by atoms with Crippen LogP contribution in [0.2, 0.25) is 5.15 Å². The van der Waals surface area contributed by atoms with Crippen LogP contribution in [0.1, 0.15) is 25.0 Å². The number of halogens is 3. The standard InChI is InChI=1S/C19H15BrClNO2.C19H16BrNO2/c1-2-24-17(23)11-15-18(12-6-5-7-13(20)10-12)14-8-3-4-9-16(14)22-19(15)21;1-2-23-18(22)11-14-12-21-17-9-4-3-8-16(17)19(14)13-6-5-7-15(20)10-13/h3-10H,2,11H2,1H3;3-10,12H,2,11H2,1H3. The van der Waals surface area contributed by atoms with Crippen LogP contribution in [0.25, 0.3) is 44.1 Å². The Hall–Kier alpha value is -4.11. The van der Waals surface area contributed by atoms with E-state index in [1.807, 2.05) is 97.9 Å². The Bertz CT molecular complexity index is 2070. The summed E-state index contributed by atoms with van der Waals surface area (Å²) in [5.41, 5.74) is 7.25. The molecule has 0 bridgehead atoms. The van der Waals surface area contributed by atoms with E-state index in [1.54, 1.807) is 13.1 Å². The van der Waals surface area contributed by atoms with Gasteiger partial charge in [0.05, 0.1) is 37.1 Å². The number of esters is 2. The summed E-state index contributed by atoms with van der Waals surface area (Å²) in [7, 11) is 0. The Morgan fingerprint density at radius 3 is 1.81 bits per heavy atom. The molecule has 0 radical (unpaired) electrons. The number of rotatable bonds is 8. The number of aromatic nitrogens is 2. The van der Waals surface area contributed by atoms with E-state index < -0.39 is 0 Å². The molecule has 2 aromatic heterocycles. The molecule has 0 atom stereocenters. The summed E-state index contributed by atoms with van der Waals surface area (Å²) in [6.45, 7) is 4.31. The van der Waals surface area contributed by atoms with E-state index in [0.717, 1.165) is 58.6 Å². The number of benzene rings is 4. The van der Waals surface area contributed by atoms with Crippen LogP contribution in [0.5, 0.6) is 0 Å². The number of ether oxygens (including phenoxy) is 2. The average molecular weight is 775 g/mol. The number of hydrogen-bond acceptors (Lipinski definition) is 6. The highest BCUT2D eigenvalue weighted by molar-refractivity contribution is 9.10. The van der Waals surface area contributed by atoms with Crippen molar-refractivity contribution in [2.75, 3.05) is 13.2 Å². The highest BCUT2D eigenvalue weighted by Crippen LogP contribution is 2.37. The van der Waals surface area contributed by atoms with Crippen LogP contribution in [0.4, 0.5) is 0 Å². The van der Waals surface area contributed by atoms with Crippen LogP contribution in [-0.2, 0) is 31.9 Å². The molecule has 0 fully saturated rings. The number of hydrogen-bond donors (Lipinski definition) is 0. The van der Waals surface area contributed by atoms with Gasteiger partial charge in [0.2, 0.25) is 0 Å². The second-order valence-corrected chi connectivity index (χ2v) is 12.6. The minimum Gasteiger partial charge on any atom is -0.466 e. The Balaban J connectivity index is 0.000000185. The number of carbonyl (C=O) groups excluding carboxylic acids is 2. The van der Waals surface area contributed by atoms with Gasteiger partial charge in [-0.25, -0.2) is 4.98 Å². The van der Waals surface area contributed by atoms with E-state index in [2.05, 4.69) is 47.9 Å². The zero-order valence-electron chi connectivity index (χ0n) is 25.8. The summed E-state index contributed by atoms with van der Waals surface area (Å²) in [6, 6.07) is 31.7. The first-order valence-corrected chi connectivity index (χ1v) is 17.0. The normalized spacial score (nSPS) is 10.7. The molecule has 0 amide bonds. The molecule has 47 heavy (non-hydrogen) atoms. The highest BCUT2D eigenvalue weighted by atomic mass is 79.9. The molecule has 2 heterocycles. The van der Waals surface area contributed by atoms with Gasteiger partial charge in [-0.1, -0.05) is 104 Å². The summed E-state index contributed by atoms with van der Waals surface area (Å²) >= 11 is 13.4. The van der Waals surface area contributed by atoms with Crippen molar-refractivity contribution in [3.8, 4) is 22.3 Å². The SMILES string of the molecule is CCOC(=O)Cc1c(Cl)nc2ccccc2c1-c1cccc(Br)c1.CCOC(=O)Cc1cnc2ccccc2c1-c1cccc(Br)c1. The lowest BCUT2D eigenvalue weighted by atomic mass is 9.95. The molecule has 0 aliphatic heterocycles. The van der Waals surface area contributed by atoms with Gasteiger partial charge >= 0.3 is 11.9 Å². The van der Waals surface area contributed by atoms with Crippen molar-refractivity contribution in [2.24, 2.45) is 0 Å². The van der Waals surface area contributed by atoms with Gasteiger partial charge in [0.25, 0.3) is 0 Å². The van der Waals surface area contributed by atoms with Crippen molar-refractivity contribution in [1.29, 1.82) is 0 Å². The third-order valence-electron chi connectivity index (χ3n) is 7.29. The van der Waals surface area contributed by atoms with Crippen LogP contribution < -0.4 is 0 Å². The maximum atomic E-state index is 12.0. The van der Waals surface area contributed by atoms with E-state index in [4.69, 9.17) is 21.1 Å². The van der Waals surface area contributed by atoms with Crippen LogP contribution in [0.15, 0.2) is 112 Å². The molecule has 4 aromatic carbocycles. The minimum atomic E-state index is -0.312. The van der Waals surface area contributed by atoms with Crippen molar-refractivity contribution >= 4 is 77.2 Å². The zero-order valence-corrected chi connectivity index (χ0v) is 29.7. The van der Waals surface area contributed by atoms with Gasteiger partial charge in [0, 0.05) is 31.5 Å². The van der Waals surface area contributed by atoms with Crippen molar-refractivity contribution in [1.82, 2.24) is 9.97 Å². The van der Waals surface area contributed by atoms with Gasteiger partial charge < -0.3 is 9.47 Å². The van der Waals surface area contributed by atoms with Crippen molar-refractivity contribution in [3.63, 3.8) is 0 Å². The molecule has 0 N–H and O–H groups in total. The quantitative estimate of drug-likeness (QED) is 0.113. The van der Waals surface area contributed by atoms with Crippen LogP contribution in [-0.4, -0.2) is 35.1 Å². The van der Waals surface area contributed by atoms with Gasteiger partial charge in [0.1, 0.15) is 5.15 Å². The molecular formula is C38H31Br2ClN2O4. The molecule has 6 aromatic rings. The summed E-state index contributed by atoms with van der Waals surface area (Å²) in [5, 5.41) is 2.32. The van der Waals surface area contributed by atoms with Gasteiger partial charge in [-0.05, 0) is 78.1 Å². The lowest BCUT2D eigenvalue weighted by molar-refractivity contribution is -0.143. The highest BCUT2D eigenvalue weighted by Gasteiger charge is 2.19. The molecule has 0 unspecified atom stereocenters. The molecular weight excluding hydrogens is 744 g/mol. The fourth-order valence-corrected chi connectivity index (χ4v) is 6.43. The zero-order chi connectivity index (χ0) is 33.3. The van der Waals surface area contributed by atoms with Crippen LogP contribution in [0, 0.1) is 0 Å². The smallest absolute Gasteiger partial charge is 0.310 e. The Labute approximate surface area is 295 Å². The number of nitrogens with zero attached hydrogens (tertiary/aromatic N) is 2. The monoisotopic (exact) mass is 772 g/mol. The van der Waals surface area contributed by atoms with Crippen LogP contribution >= 0.6 is 43.5 Å². The summed E-state index contributed by atoms with van der Waals surface area (Å²) in [5.74, 6) is -0.548. The maximum Gasteiger partial charge on any atom is 0.310 e. The Morgan fingerprint density at radius 2 is 1.21 bits per heavy atom. The van der Waals surface area contributed by atoms with E-state index in [-0.39, 0.29) is 24.8 Å². The molecule has 6 nitrogen and oxygen atoms in total. The van der Waals surface area contributed by atoms with E-state index in [1.165, 1.54) is 0 Å². The third kappa shape index (κ3) is 8.44. The largest absolute Gasteiger partial charge is 0.466 e. The van der Waals surface area contributed by atoms with E-state index in [0.29, 0.717) is 23.9 Å². The predicted octanol–water partition coefficient (Wildman–Crippen LogP) is 10.2. The molecule has 238 valence electrons. The maximum absolute atomic E-state index is 12.0. The van der Waals surface area contributed by atoms with Crippen molar-refractivity contribution < 1.29 is 19.1 Å². The van der Waals surface area contributed by atoms with E-state index >= 15 is 0 Å². The molecule has 0 saturated heterocycles. The predicted molar refractivity (Wildman–Crippen MR) is 195 cm³/mol. The number of carbonyl (C=O) groups is 2. The Kier molecular flexibility index (Phi) is 11.7. The summed E-state index contributed by atoms with van der Waals surface area (Å²) < 4.78 is 12.1. The number of pyridine rings is 2. The van der Waals surface area contributed by atoms with Gasteiger partial charge in [-0.3, -0.25) is 14.6 Å². The molecule has 9 heteroatoms. The van der Waals surface area contributed by atoms with Crippen LogP contribution in [0.3, 0.4) is 0 Å². The first-order chi connectivity index (χ1) is 22.8.